The van der Waals surface area contributed by atoms with E-state index >= 15 is 0 Å². The van der Waals surface area contributed by atoms with E-state index in [9.17, 15) is 0 Å². The van der Waals surface area contributed by atoms with Gasteiger partial charge in [-0.1, -0.05) is 175 Å². The Kier molecular flexibility index (Phi) is 9.09. The highest BCUT2D eigenvalue weighted by Gasteiger charge is 2.43. The summed E-state index contributed by atoms with van der Waals surface area (Å²) >= 11 is 0. The summed E-state index contributed by atoms with van der Waals surface area (Å²) in [6.45, 7) is 14.1. The Morgan fingerprint density at radius 2 is 0.712 bits per heavy atom. The molecule has 9 aromatic carbocycles. The van der Waals surface area contributed by atoms with E-state index in [-0.39, 0.29) is 17.5 Å². The number of rotatable bonds is 5. The normalized spacial score (nSPS) is 13.2. The topological polar surface area (TPSA) is 11.4 Å². The number of fused-ring (bicyclic) bond motifs is 7. The Morgan fingerprint density at radius 3 is 1.11 bits per heavy atom. The number of benzene rings is 9. The molecule has 4 heteroatoms. The van der Waals surface area contributed by atoms with Crippen LogP contribution in [0, 0.1) is 0 Å². The van der Waals surface area contributed by atoms with E-state index in [2.05, 4.69) is 262 Å². The molecule has 0 saturated heterocycles. The molecule has 12 rings (SSSR count). The van der Waals surface area contributed by atoms with Crippen LogP contribution < -0.4 is 26.2 Å². The van der Waals surface area contributed by atoms with Crippen molar-refractivity contribution in [2.75, 3.05) is 9.80 Å². The van der Waals surface area contributed by atoms with Crippen LogP contribution in [-0.2, 0) is 10.8 Å². The molecule has 0 atom stereocenters. The molecular weight excluding hydrogens is 798 g/mol. The maximum Gasteiger partial charge on any atom is 0.252 e. The standard InChI is InChI=1S/C62H52BN3/c1-61(2,3)43-35-48(41-23-11-7-12-24-41)59-50(37-43)51-38-44(62(4,5)6)36-49(42-25-13-8-14-26-42)60(51)66(59)47-39-56-58-57(40-47)65(46-29-17-10-18-30-46)55-34-22-20-32-53(55)63(58)52-31-19-21-33-54(52)64(56)45-27-15-9-16-28-45/h7-40H,1-6H3. The minimum Gasteiger partial charge on any atom is -0.311 e. The first kappa shape index (κ1) is 40.0. The van der Waals surface area contributed by atoms with Gasteiger partial charge in [-0.15, -0.1) is 0 Å². The molecule has 0 saturated carbocycles. The summed E-state index contributed by atoms with van der Waals surface area (Å²) in [5.41, 5.74) is 21.8. The van der Waals surface area contributed by atoms with Crippen molar-refractivity contribution >= 4 is 79.0 Å². The fourth-order valence-corrected chi connectivity index (χ4v) is 10.8. The summed E-state index contributed by atoms with van der Waals surface area (Å²) in [7, 11) is 0. The zero-order chi connectivity index (χ0) is 44.9. The van der Waals surface area contributed by atoms with E-state index in [1.807, 2.05) is 0 Å². The average molecular weight is 850 g/mol. The summed E-state index contributed by atoms with van der Waals surface area (Å²) in [6, 6.07) is 77.1. The van der Waals surface area contributed by atoms with Crippen LogP contribution in [0.15, 0.2) is 206 Å². The van der Waals surface area contributed by atoms with Crippen LogP contribution in [0.5, 0.6) is 0 Å². The molecule has 0 unspecified atom stereocenters. The molecule has 0 spiro atoms. The number of hydrogen-bond acceptors (Lipinski definition) is 2. The minimum atomic E-state index is -0.0891. The van der Waals surface area contributed by atoms with Gasteiger partial charge >= 0.3 is 0 Å². The van der Waals surface area contributed by atoms with Crippen LogP contribution in [0.4, 0.5) is 34.1 Å². The maximum absolute atomic E-state index is 2.63. The SMILES string of the molecule is CC(C)(C)c1cc(-c2ccccc2)c2c(c1)c1cc(C(C)(C)C)cc(-c3ccccc3)c1n2-c1cc2c3c(c1)N(c1ccccc1)c1ccccc1B3c1ccccc1N2c1ccccc1. The van der Waals surface area contributed by atoms with Crippen molar-refractivity contribution in [2.45, 2.75) is 52.4 Å². The van der Waals surface area contributed by atoms with Gasteiger partial charge in [0.25, 0.3) is 6.71 Å². The third-order valence-electron chi connectivity index (χ3n) is 14.0. The predicted molar refractivity (Wildman–Crippen MR) is 283 cm³/mol. The molecule has 0 bridgehead atoms. The molecular formula is C62H52BN3. The van der Waals surface area contributed by atoms with E-state index in [1.54, 1.807) is 0 Å². The van der Waals surface area contributed by atoms with Crippen molar-refractivity contribution in [1.29, 1.82) is 0 Å². The van der Waals surface area contributed by atoms with Gasteiger partial charge < -0.3 is 14.4 Å². The molecule has 2 aliphatic heterocycles. The van der Waals surface area contributed by atoms with Crippen LogP contribution in [-0.4, -0.2) is 11.3 Å². The number of hydrogen-bond donors (Lipinski definition) is 0. The molecule has 0 fully saturated rings. The van der Waals surface area contributed by atoms with E-state index in [0.29, 0.717) is 0 Å². The van der Waals surface area contributed by atoms with Gasteiger partial charge in [-0.2, -0.15) is 0 Å². The Labute approximate surface area is 389 Å². The summed E-state index contributed by atoms with van der Waals surface area (Å²) in [5, 5.41) is 2.53. The molecule has 0 amide bonds. The summed E-state index contributed by atoms with van der Waals surface area (Å²) in [5.74, 6) is 0. The zero-order valence-corrected chi connectivity index (χ0v) is 38.5. The second kappa shape index (κ2) is 15.0. The predicted octanol–water partition coefficient (Wildman–Crippen LogP) is 14.8. The molecule has 0 radical (unpaired) electrons. The number of aromatic nitrogens is 1. The molecule has 66 heavy (non-hydrogen) atoms. The quantitative estimate of drug-likeness (QED) is 0.160. The Balaban J connectivity index is 1.31. The highest BCUT2D eigenvalue weighted by molar-refractivity contribution is 7.00. The first-order valence-corrected chi connectivity index (χ1v) is 23.4. The summed E-state index contributed by atoms with van der Waals surface area (Å²) in [4.78, 5) is 5.04. The fraction of sp³-hybridized carbons (Fsp3) is 0.129. The largest absolute Gasteiger partial charge is 0.311 e. The van der Waals surface area contributed by atoms with E-state index < -0.39 is 0 Å². The molecule has 3 nitrogen and oxygen atoms in total. The van der Waals surface area contributed by atoms with E-state index in [4.69, 9.17) is 0 Å². The van der Waals surface area contributed by atoms with E-state index in [0.717, 1.165) is 17.1 Å². The van der Waals surface area contributed by atoms with Gasteiger partial charge in [0.05, 0.1) is 16.7 Å². The first-order chi connectivity index (χ1) is 32.0. The molecule has 0 N–H and O–H groups in total. The van der Waals surface area contributed by atoms with Crippen molar-refractivity contribution < 1.29 is 0 Å². The van der Waals surface area contributed by atoms with Gasteiger partial charge in [-0.25, -0.2) is 0 Å². The molecule has 0 aliphatic carbocycles. The van der Waals surface area contributed by atoms with Gasteiger partial charge in [0, 0.05) is 56.0 Å². The van der Waals surface area contributed by atoms with Crippen molar-refractivity contribution in [1.82, 2.24) is 4.57 Å². The molecule has 1 aromatic heterocycles. The highest BCUT2D eigenvalue weighted by atomic mass is 15.2. The molecule has 318 valence electrons. The zero-order valence-electron chi connectivity index (χ0n) is 38.5. The van der Waals surface area contributed by atoms with Crippen LogP contribution >= 0.6 is 0 Å². The Hall–Kier alpha value is -7.56. The molecule has 2 aliphatic rings. The van der Waals surface area contributed by atoms with Crippen molar-refractivity contribution in [3.8, 4) is 27.9 Å². The van der Waals surface area contributed by atoms with E-state index in [1.165, 1.54) is 94.3 Å². The second-order valence-corrected chi connectivity index (χ2v) is 20.2. The lowest BCUT2D eigenvalue weighted by atomic mass is 9.33. The third kappa shape index (κ3) is 6.26. The molecule has 3 heterocycles. The van der Waals surface area contributed by atoms with Crippen LogP contribution in [0.1, 0.15) is 52.7 Å². The van der Waals surface area contributed by atoms with Crippen LogP contribution in [0.25, 0.3) is 49.7 Å². The smallest absolute Gasteiger partial charge is 0.252 e. The minimum absolute atomic E-state index is 0.0259. The Morgan fingerprint density at radius 1 is 0.348 bits per heavy atom. The summed E-state index contributed by atoms with van der Waals surface area (Å²) < 4.78 is 2.63. The third-order valence-corrected chi connectivity index (χ3v) is 14.0. The van der Waals surface area contributed by atoms with Crippen LogP contribution in [0.3, 0.4) is 0 Å². The lowest BCUT2D eigenvalue weighted by Crippen LogP contribution is -2.61. The van der Waals surface area contributed by atoms with Crippen LogP contribution in [0.2, 0.25) is 0 Å². The lowest BCUT2D eigenvalue weighted by molar-refractivity contribution is 0.590. The number of para-hydroxylation sites is 4. The van der Waals surface area contributed by atoms with Crippen molar-refractivity contribution in [2.24, 2.45) is 0 Å². The monoisotopic (exact) mass is 849 g/mol. The van der Waals surface area contributed by atoms with Gasteiger partial charge in [-0.05, 0) is 122 Å². The summed E-state index contributed by atoms with van der Waals surface area (Å²) in [6.07, 6.45) is 0. The van der Waals surface area contributed by atoms with Gasteiger partial charge in [0.15, 0.2) is 0 Å². The fourth-order valence-electron chi connectivity index (χ4n) is 10.8. The maximum atomic E-state index is 2.63. The lowest BCUT2D eigenvalue weighted by Gasteiger charge is -2.44. The first-order valence-electron chi connectivity index (χ1n) is 23.4. The highest BCUT2D eigenvalue weighted by Crippen LogP contribution is 2.49. The van der Waals surface area contributed by atoms with Crippen molar-refractivity contribution in [3.63, 3.8) is 0 Å². The average Bonchev–Trinajstić information content (AvgIpc) is 3.68. The van der Waals surface area contributed by atoms with Gasteiger partial charge in [0.2, 0.25) is 0 Å². The van der Waals surface area contributed by atoms with Gasteiger partial charge in [-0.3, -0.25) is 0 Å². The molecule has 10 aromatic rings. The van der Waals surface area contributed by atoms with Crippen molar-refractivity contribution in [3.05, 3.63) is 217 Å². The van der Waals surface area contributed by atoms with Gasteiger partial charge in [0.1, 0.15) is 0 Å². The Bertz CT molecular complexity index is 3260. The number of nitrogens with zero attached hydrogens (tertiary/aromatic N) is 3. The number of anilines is 6. The second-order valence-electron chi connectivity index (χ2n) is 20.2.